The summed E-state index contributed by atoms with van der Waals surface area (Å²) in [5, 5.41) is 0. The Morgan fingerprint density at radius 3 is 2.72 bits per heavy atom. The zero-order valence-electron chi connectivity index (χ0n) is 14.4. The number of carbonyl (C=O) groups excluding carboxylic acids is 2. The molecule has 2 aromatic rings. The van der Waals surface area contributed by atoms with Gasteiger partial charge in [-0.1, -0.05) is 30.3 Å². The highest BCUT2D eigenvalue weighted by Crippen LogP contribution is 2.04. The molecule has 1 aromatic carbocycles. The molecule has 1 amide bonds. The first kappa shape index (κ1) is 18.4. The van der Waals surface area contributed by atoms with E-state index in [1.807, 2.05) is 41.1 Å². The Hall–Kier alpha value is -2.89. The summed E-state index contributed by atoms with van der Waals surface area (Å²) >= 11 is 0. The van der Waals surface area contributed by atoms with Crippen molar-refractivity contribution >= 4 is 18.0 Å². The summed E-state index contributed by atoms with van der Waals surface area (Å²) in [6, 6.07) is 9.63. The number of amides is 1. The second-order valence-corrected chi connectivity index (χ2v) is 5.55. The van der Waals surface area contributed by atoms with E-state index in [0.717, 1.165) is 18.5 Å². The number of hydrogen-bond acceptors (Lipinski definition) is 4. The van der Waals surface area contributed by atoms with Crippen molar-refractivity contribution in [1.82, 2.24) is 14.5 Å². The number of methoxy groups -OCH3 is 1. The Morgan fingerprint density at radius 2 is 2.04 bits per heavy atom. The lowest BCUT2D eigenvalue weighted by Gasteiger charge is -2.21. The van der Waals surface area contributed by atoms with Crippen molar-refractivity contribution < 1.29 is 14.3 Å². The van der Waals surface area contributed by atoms with Gasteiger partial charge in [0.25, 0.3) is 0 Å². The zero-order chi connectivity index (χ0) is 17.9. The number of hydrogen-bond donors (Lipinski definition) is 0. The molecular formula is C19H23N3O3. The van der Waals surface area contributed by atoms with Crippen molar-refractivity contribution in [3.63, 3.8) is 0 Å². The molecule has 1 aromatic heterocycles. The van der Waals surface area contributed by atoms with Crippen LogP contribution in [0.4, 0.5) is 0 Å². The maximum Gasteiger partial charge on any atom is 0.307 e. The van der Waals surface area contributed by atoms with Crippen LogP contribution in [0.15, 0.2) is 55.1 Å². The van der Waals surface area contributed by atoms with Gasteiger partial charge in [-0.3, -0.25) is 9.59 Å². The van der Waals surface area contributed by atoms with Crippen LogP contribution in [0.2, 0.25) is 0 Å². The first-order chi connectivity index (χ1) is 12.2. The number of carbonyl (C=O) groups is 2. The summed E-state index contributed by atoms with van der Waals surface area (Å²) in [5.74, 6) is -0.433. The van der Waals surface area contributed by atoms with Gasteiger partial charge in [-0.2, -0.15) is 0 Å². The van der Waals surface area contributed by atoms with E-state index in [4.69, 9.17) is 0 Å². The Kier molecular flexibility index (Phi) is 7.43. The molecule has 6 heteroatoms. The number of esters is 1. The minimum atomic E-state index is -0.320. The van der Waals surface area contributed by atoms with E-state index >= 15 is 0 Å². The van der Waals surface area contributed by atoms with Gasteiger partial charge in [-0.05, 0) is 18.1 Å². The molecule has 2 rings (SSSR count). The van der Waals surface area contributed by atoms with Gasteiger partial charge in [0.15, 0.2) is 0 Å². The number of ether oxygens (including phenoxy) is 1. The summed E-state index contributed by atoms with van der Waals surface area (Å²) < 4.78 is 6.63. The molecular weight excluding hydrogens is 318 g/mol. The smallest absolute Gasteiger partial charge is 0.307 e. The van der Waals surface area contributed by atoms with Crippen LogP contribution in [-0.4, -0.2) is 46.5 Å². The van der Waals surface area contributed by atoms with Crippen LogP contribution in [0.25, 0.3) is 6.08 Å². The van der Waals surface area contributed by atoms with E-state index in [0.29, 0.717) is 13.1 Å². The van der Waals surface area contributed by atoms with Gasteiger partial charge in [-0.15, -0.1) is 0 Å². The maximum absolute atomic E-state index is 12.5. The van der Waals surface area contributed by atoms with Crippen molar-refractivity contribution in [3.8, 4) is 0 Å². The Balaban J connectivity index is 1.92. The van der Waals surface area contributed by atoms with Crippen molar-refractivity contribution in [1.29, 1.82) is 0 Å². The highest BCUT2D eigenvalue weighted by molar-refractivity contribution is 5.92. The van der Waals surface area contributed by atoms with E-state index in [2.05, 4.69) is 9.72 Å². The Labute approximate surface area is 147 Å². The summed E-state index contributed by atoms with van der Waals surface area (Å²) in [5.41, 5.74) is 0.960. The lowest BCUT2D eigenvalue weighted by atomic mass is 10.2. The molecule has 0 aliphatic carbocycles. The molecule has 0 aliphatic rings. The van der Waals surface area contributed by atoms with Gasteiger partial charge in [0.05, 0.1) is 19.9 Å². The fraction of sp³-hybridized carbons (Fsp3) is 0.316. The Morgan fingerprint density at radius 1 is 1.24 bits per heavy atom. The summed E-state index contributed by atoms with van der Waals surface area (Å²) in [6.45, 7) is 1.67. The van der Waals surface area contributed by atoms with Gasteiger partial charge in [-0.25, -0.2) is 4.98 Å². The molecule has 0 aliphatic heterocycles. The normalized spacial score (nSPS) is 10.8. The lowest BCUT2D eigenvalue weighted by molar-refractivity contribution is -0.141. The molecule has 0 spiro atoms. The van der Waals surface area contributed by atoms with Gasteiger partial charge in [0.1, 0.15) is 0 Å². The number of nitrogens with zero attached hydrogens (tertiary/aromatic N) is 3. The lowest BCUT2D eigenvalue weighted by Crippen LogP contribution is -2.33. The van der Waals surface area contributed by atoms with Crippen LogP contribution >= 0.6 is 0 Å². The van der Waals surface area contributed by atoms with Crippen LogP contribution in [0.1, 0.15) is 18.4 Å². The van der Waals surface area contributed by atoms with Gasteiger partial charge >= 0.3 is 5.97 Å². The number of benzene rings is 1. The molecule has 0 saturated carbocycles. The van der Waals surface area contributed by atoms with Crippen LogP contribution in [0, 0.1) is 0 Å². The molecule has 0 bridgehead atoms. The Bertz CT molecular complexity index is 681. The van der Waals surface area contributed by atoms with E-state index in [-0.39, 0.29) is 18.3 Å². The third-order valence-corrected chi connectivity index (χ3v) is 3.75. The first-order valence-corrected chi connectivity index (χ1v) is 8.23. The third-order valence-electron chi connectivity index (χ3n) is 3.75. The molecule has 0 unspecified atom stereocenters. The molecule has 0 fully saturated rings. The zero-order valence-corrected chi connectivity index (χ0v) is 14.4. The number of rotatable bonds is 9. The minimum Gasteiger partial charge on any atom is -0.469 e. The topological polar surface area (TPSA) is 64.4 Å². The summed E-state index contributed by atoms with van der Waals surface area (Å²) in [7, 11) is 1.35. The second-order valence-electron chi connectivity index (χ2n) is 5.55. The van der Waals surface area contributed by atoms with Crippen LogP contribution in [-0.2, 0) is 20.9 Å². The quantitative estimate of drug-likeness (QED) is 0.519. The molecule has 0 radical (unpaired) electrons. The van der Waals surface area contributed by atoms with E-state index in [9.17, 15) is 9.59 Å². The second kappa shape index (κ2) is 10.1. The average Bonchev–Trinajstić information content (AvgIpc) is 3.16. The van der Waals surface area contributed by atoms with E-state index in [1.54, 1.807) is 29.6 Å². The van der Waals surface area contributed by atoms with Crippen molar-refractivity contribution in [3.05, 3.63) is 60.7 Å². The molecule has 6 nitrogen and oxygen atoms in total. The first-order valence-electron chi connectivity index (χ1n) is 8.23. The molecule has 1 heterocycles. The van der Waals surface area contributed by atoms with Crippen LogP contribution in [0.3, 0.4) is 0 Å². The minimum absolute atomic E-state index is 0.113. The van der Waals surface area contributed by atoms with Crippen molar-refractivity contribution in [2.24, 2.45) is 0 Å². The van der Waals surface area contributed by atoms with Crippen molar-refractivity contribution in [2.45, 2.75) is 19.4 Å². The molecule has 0 atom stereocenters. The largest absolute Gasteiger partial charge is 0.469 e. The van der Waals surface area contributed by atoms with E-state index in [1.165, 1.54) is 7.11 Å². The fourth-order valence-electron chi connectivity index (χ4n) is 2.36. The number of imidazole rings is 1. The van der Waals surface area contributed by atoms with Gasteiger partial charge in [0.2, 0.25) is 5.91 Å². The number of aryl methyl sites for hydroxylation is 1. The highest BCUT2D eigenvalue weighted by Gasteiger charge is 2.12. The molecule has 25 heavy (non-hydrogen) atoms. The van der Waals surface area contributed by atoms with E-state index < -0.39 is 0 Å². The van der Waals surface area contributed by atoms with Gasteiger partial charge in [0, 0.05) is 38.1 Å². The van der Waals surface area contributed by atoms with Gasteiger partial charge < -0.3 is 14.2 Å². The van der Waals surface area contributed by atoms with Crippen LogP contribution in [0.5, 0.6) is 0 Å². The average molecular weight is 341 g/mol. The molecule has 0 N–H and O–H groups in total. The highest BCUT2D eigenvalue weighted by atomic mass is 16.5. The predicted molar refractivity (Wildman–Crippen MR) is 95.5 cm³/mol. The van der Waals surface area contributed by atoms with Crippen LogP contribution < -0.4 is 0 Å². The summed E-state index contributed by atoms with van der Waals surface area (Å²) in [4.78, 5) is 29.5. The third kappa shape index (κ3) is 6.63. The predicted octanol–water partition coefficient (Wildman–Crippen LogP) is 2.38. The SMILES string of the molecule is COC(=O)CCN(CCCn1ccnc1)C(=O)/C=C/c1ccccc1. The maximum atomic E-state index is 12.5. The molecule has 132 valence electrons. The fourth-order valence-corrected chi connectivity index (χ4v) is 2.36. The molecule has 0 saturated heterocycles. The standard InChI is InChI=1S/C19H23N3O3/c1-25-19(24)10-14-22(13-5-12-21-15-11-20-16-21)18(23)9-8-17-6-3-2-4-7-17/h2-4,6-9,11,15-16H,5,10,12-14H2,1H3/b9-8+. The monoisotopic (exact) mass is 341 g/mol. The summed E-state index contributed by atoms with van der Waals surface area (Å²) in [6.07, 6.45) is 9.65. The van der Waals surface area contributed by atoms with Crippen molar-refractivity contribution in [2.75, 3.05) is 20.2 Å². The number of aromatic nitrogens is 2.